The predicted molar refractivity (Wildman–Crippen MR) is 208 cm³/mol. The van der Waals surface area contributed by atoms with Gasteiger partial charge >= 0.3 is 0 Å². The summed E-state index contributed by atoms with van der Waals surface area (Å²) in [6.45, 7) is 0. The van der Waals surface area contributed by atoms with Crippen LogP contribution in [0.2, 0.25) is 0 Å². The molecule has 6 aromatic carbocycles. The normalized spacial score (nSPS) is 22.0. The number of hydrogen-bond donors (Lipinski definition) is 0. The standard InChI is InChI=1S/C49H37N3/c1-3-12-31(13-4-1)46-50-47(32-14-5-2-6-15-32)52-48(51-46)37-18-11-21-43-45(37)40-27-38-33-23-29-22-30(24-33)26-34(25-29)39(38)28-44(40)49(43)41-19-9-7-16-35(41)36-17-8-10-20-42(36)49/h1-21,27-30,33-34H,22-26H2. The van der Waals surface area contributed by atoms with Gasteiger partial charge in [0, 0.05) is 16.7 Å². The number of rotatable bonds is 3. The van der Waals surface area contributed by atoms with Gasteiger partial charge in [-0.05, 0) is 111 Å². The molecule has 2 fully saturated rings. The van der Waals surface area contributed by atoms with E-state index in [2.05, 4.69) is 127 Å². The molecule has 3 nitrogen and oxygen atoms in total. The van der Waals surface area contributed by atoms with Crippen molar-refractivity contribution in [1.29, 1.82) is 0 Å². The second-order valence-electron chi connectivity index (χ2n) is 15.9. The van der Waals surface area contributed by atoms with Crippen molar-refractivity contribution in [3.8, 4) is 56.4 Å². The van der Waals surface area contributed by atoms with Crippen molar-refractivity contribution in [2.45, 2.75) is 49.4 Å². The Morgan fingerprint density at radius 1 is 0.385 bits per heavy atom. The van der Waals surface area contributed by atoms with Crippen LogP contribution in [-0.2, 0) is 5.41 Å². The summed E-state index contributed by atoms with van der Waals surface area (Å²) >= 11 is 0. The summed E-state index contributed by atoms with van der Waals surface area (Å²) in [7, 11) is 0. The summed E-state index contributed by atoms with van der Waals surface area (Å²) in [6, 6.07) is 51.3. The molecule has 0 N–H and O–H groups in total. The zero-order chi connectivity index (χ0) is 34.0. The van der Waals surface area contributed by atoms with E-state index in [0.717, 1.165) is 34.4 Å². The first-order chi connectivity index (χ1) is 25.7. The van der Waals surface area contributed by atoms with Crippen molar-refractivity contribution < 1.29 is 0 Å². The molecule has 0 aliphatic heterocycles. The lowest BCUT2D eigenvalue weighted by molar-refractivity contribution is 0.166. The van der Waals surface area contributed by atoms with Crippen molar-refractivity contribution in [3.63, 3.8) is 0 Å². The quantitative estimate of drug-likeness (QED) is 0.188. The molecular formula is C49H37N3. The van der Waals surface area contributed by atoms with Gasteiger partial charge in [0.25, 0.3) is 0 Å². The maximum absolute atomic E-state index is 5.30. The Hall–Kier alpha value is -5.67. The molecule has 1 spiro atoms. The maximum atomic E-state index is 5.30. The Morgan fingerprint density at radius 2 is 0.865 bits per heavy atom. The van der Waals surface area contributed by atoms with Gasteiger partial charge < -0.3 is 0 Å². The Labute approximate surface area is 304 Å². The lowest BCUT2D eigenvalue weighted by Crippen LogP contribution is -2.26. The molecular weight excluding hydrogens is 631 g/mol. The fourth-order valence-corrected chi connectivity index (χ4v) is 11.4. The van der Waals surface area contributed by atoms with Crippen molar-refractivity contribution in [2.75, 3.05) is 0 Å². The molecule has 7 aromatic rings. The summed E-state index contributed by atoms with van der Waals surface area (Å²) in [5.41, 5.74) is 16.8. The third-order valence-electron chi connectivity index (χ3n) is 13.3. The highest BCUT2D eigenvalue weighted by molar-refractivity contribution is 5.99. The van der Waals surface area contributed by atoms with Crippen molar-refractivity contribution >= 4 is 0 Å². The van der Waals surface area contributed by atoms with E-state index in [1.54, 1.807) is 11.1 Å². The van der Waals surface area contributed by atoms with E-state index >= 15 is 0 Å². The van der Waals surface area contributed by atoms with E-state index in [0.29, 0.717) is 23.5 Å². The molecule has 4 bridgehead atoms. The van der Waals surface area contributed by atoms with Crippen LogP contribution in [-0.4, -0.2) is 15.0 Å². The van der Waals surface area contributed by atoms with Gasteiger partial charge in [-0.15, -0.1) is 0 Å². The van der Waals surface area contributed by atoms with Gasteiger partial charge in [0.15, 0.2) is 17.5 Å². The van der Waals surface area contributed by atoms with Crippen LogP contribution < -0.4 is 0 Å². The van der Waals surface area contributed by atoms with Crippen molar-refractivity contribution in [1.82, 2.24) is 15.0 Å². The molecule has 3 heteroatoms. The topological polar surface area (TPSA) is 38.7 Å². The second kappa shape index (κ2) is 10.7. The number of nitrogens with zero attached hydrogens (tertiary/aromatic N) is 3. The van der Waals surface area contributed by atoms with Gasteiger partial charge in [-0.25, -0.2) is 15.0 Å². The highest BCUT2D eigenvalue weighted by Crippen LogP contribution is 2.66. The third-order valence-corrected chi connectivity index (χ3v) is 13.3. The molecule has 6 aliphatic rings. The fraction of sp³-hybridized carbons (Fsp3) is 0.204. The van der Waals surface area contributed by atoms with E-state index in [1.807, 2.05) is 12.1 Å². The van der Waals surface area contributed by atoms with E-state index in [1.165, 1.54) is 76.6 Å². The Balaban J connectivity index is 1.18. The lowest BCUT2D eigenvalue weighted by atomic mass is 9.67. The molecule has 248 valence electrons. The minimum absolute atomic E-state index is 0.413. The molecule has 2 saturated carbocycles. The highest BCUT2D eigenvalue weighted by atomic mass is 15.0. The van der Waals surface area contributed by atoms with E-state index in [4.69, 9.17) is 15.0 Å². The number of benzene rings is 6. The van der Waals surface area contributed by atoms with Gasteiger partial charge in [-0.1, -0.05) is 140 Å². The largest absolute Gasteiger partial charge is 0.208 e. The molecule has 1 heterocycles. The molecule has 6 aliphatic carbocycles. The average Bonchev–Trinajstić information content (AvgIpc) is 3.60. The molecule has 1 aromatic heterocycles. The predicted octanol–water partition coefficient (Wildman–Crippen LogP) is 11.6. The second-order valence-corrected chi connectivity index (χ2v) is 15.9. The number of aromatic nitrogens is 3. The molecule has 0 saturated heterocycles. The Bertz CT molecular complexity index is 2470. The monoisotopic (exact) mass is 667 g/mol. The maximum Gasteiger partial charge on any atom is 0.164 e. The number of fused-ring (bicyclic) bond motifs is 10. The lowest BCUT2D eigenvalue weighted by Gasteiger charge is -2.38. The van der Waals surface area contributed by atoms with Crippen LogP contribution in [0.25, 0.3) is 56.4 Å². The average molecular weight is 668 g/mol. The van der Waals surface area contributed by atoms with Crippen LogP contribution in [0.1, 0.15) is 77.3 Å². The molecule has 2 unspecified atom stereocenters. The van der Waals surface area contributed by atoms with Gasteiger partial charge in [0.05, 0.1) is 5.41 Å². The van der Waals surface area contributed by atoms with Crippen LogP contribution >= 0.6 is 0 Å². The zero-order valence-electron chi connectivity index (χ0n) is 29.0. The van der Waals surface area contributed by atoms with E-state index in [-0.39, 0.29) is 0 Å². The Morgan fingerprint density at radius 3 is 1.46 bits per heavy atom. The molecule has 52 heavy (non-hydrogen) atoms. The van der Waals surface area contributed by atoms with E-state index in [9.17, 15) is 0 Å². The van der Waals surface area contributed by atoms with Gasteiger partial charge in [-0.3, -0.25) is 0 Å². The molecule has 13 rings (SSSR count). The van der Waals surface area contributed by atoms with Gasteiger partial charge in [0.1, 0.15) is 0 Å². The molecule has 0 radical (unpaired) electrons. The first kappa shape index (κ1) is 29.0. The summed E-state index contributed by atoms with van der Waals surface area (Å²) in [5.74, 6) is 5.16. The summed E-state index contributed by atoms with van der Waals surface area (Å²) in [4.78, 5) is 15.7. The first-order valence-corrected chi connectivity index (χ1v) is 19.1. The fourth-order valence-electron chi connectivity index (χ4n) is 11.4. The van der Waals surface area contributed by atoms with Crippen LogP contribution in [0, 0.1) is 11.8 Å². The highest BCUT2D eigenvalue weighted by Gasteiger charge is 2.53. The summed E-state index contributed by atoms with van der Waals surface area (Å²) in [5, 5.41) is 0. The first-order valence-electron chi connectivity index (χ1n) is 19.1. The SMILES string of the molecule is c1ccc(-c2nc(-c3ccccc3)nc(-c3cccc4c3-c3cc5c(cc3C43c4ccccc4-c4ccccc43)C3CC4CC(CC5C4)C3)n2)cc1. The van der Waals surface area contributed by atoms with Crippen LogP contribution in [0.5, 0.6) is 0 Å². The van der Waals surface area contributed by atoms with Crippen LogP contribution in [0.4, 0.5) is 0 Å². The minimum Gasteiger partial charge on any atom is -0.208 e. The molecule has 2 atom stereocenters. The van der Waals surface area contributed by atoms with Crippen molar-refractivity contribution in [3.05, 3.63) is 173 Å². The smallest absolute Gasteiger partial charge is 0.164 e. The summed E-state index contributed by atoms with van der Waals surface area (Å²) in [6.07, 6.45) is 6.83. The minimum atomic E-state index is -0.413. The Kier molecular flexibility index (Phi) is 5.95. The van der Waals surface area contributed by atoms with Gasteiger partial charge in [0.2, 0.25) is 0 Å². The summed E-state index contributed by atoms with van der Waals surface area (Å²) < 4.78 is 0. The van der Waals surface area contributed by atoms with Crippen LogP contribution in [0.15, 0.2) is 140 Å². The van der Waals surface area contributed by atoms with Gasteiger partial charge in [-0.2, -0.15) is 0 Å². The van der Waals surface area contributed by atoms with E-state index < -0.39 is 5.41 Å². The molecule has 0 amide bonds. The third kappa shape index (κ3) is 3.89. The number of hydrogen-bond acceptors (Lipinski definition) is 3. The van der Waals surface area contributed by atoms with Crippen LogP contribution in [0.3, 0.4) is 0 Å². The zero-order valence-corrected chi connectivity index (χ0v) is 29.0. The van der Waals surface area contributed by atoms with Crippen molar-refractivity contribution in [2.24, 2.45) is 11.8 Å².